The van der Waals surface area contributed by atoms with Gasteiger partial charge in [0.1, 0.15) is 6.54 Å². The zero-order chi connectivity index (χ0) is 17.8. The molecule has 2 aromatic carbocycles. The molecular formula is C18H19ClN3O3+. The Balaban J connectivity index is 1.59. The number of nitro groups is 1. The number of carbonyl (C=O) groups is 1. The number of nitrogens with one attached hydrogen (secondary N) is 1. The average molecular weight is 361 g/mol. The van der Waals surface area contributed by atoms with E-state index in [-0.39, 0.29) is 11.6 Å². The maximum Gasteiger partial charge on any atom is 0.270 e. The minimum absolute atomic E-state index is 0.0592. The summed E-state index contributed by atoms with van der Waals surface area (Å²) >= 11 is 6.02. The number of nitrogens with zero attached hydrogens (tertiary/aromatic N) is 2. The number of amides is 1. The summed E-state index contributed by atoms with van der Waals surface area (Å²) in [4.78, 5) is 26.1. The molecule has 1 fully saturated rings. The first-order chi connectivity index (χ1) is 12.0. The molecule has 1 amide bonds. The number of carbonyl (C=O) groups excluding carboxylic acids is 1. The number of rotatable bonds is 4. The van der Waals surface area contributed by atoms with Gasteiger partial charge in [0.25, 0.3) is 11.6 Å². The molecule has 0 saturated carbocycles. The highest BCUT2D eigenvalue weighted by molar-refractivity contribution is 6.30. The van der Waals surface area contributed by atoms with Crippen LogP contribution in [0.15, 0.2) is 48.5 Å². The largest absolute Gasteiger partial charge is 0.328 e. The van der Waals surface area contributed by atoms with Crippen LogP contribution in [0.25, 0.3) is 0 Å². The number of benzene rings is 2. The van der Waals surface area contributed by atoms with Gasteiger partial charge in [-0.3, -0.25) is 14.9 Å². The fraction of sp³-hybridized carbons (Fsp3) is 0.278. The van der Waals surface area contributed by atoms with Gasteiger partial charge in [0.15, 0.2) is 0 Å². The van der Waals surface area contributed by atoms with E-state index >= 15 is 0 Å². The number of halogens is 1. The number of non-ortho nitro benzene ring substituents is 1. The molecule has 1 heterocycles. The van der Waals surface area contributed by atoms with Crippen LogP contribution in [-0.4, -0.2) is 41.9 Å². The zero-order valence-corrected chi connectivity index (χ0v) is 14.4. The molecule has 0 bridgehead atoms. The first kappa shape index (κ1) is 17.4. The fourth-order valence-corrected chi connectivity index (χ4v) is 3.29. The van der Waals surface area contributed by atoms with Gasteiger partial charge in [0.2, 0.25) is 0 Å². The Morgan fingerprint density at radius 1 is 1.16 bits per heavy atom. The Kier molecular flexibility index (Phi) is 5.31. The highest BCUT2D eigenvalue weighted by Gasteiger charge is 2.25. The summed E-state index contributed by atoms with van der Waals surface area (Å²) in [6, 6.07) is 13.7. The first-order valence-electron chi connectivity index (χ1n) is 8.14. The third-order valence-corrected chi connectivity index (χ3v) is 4.64. The summed E-state index contributed by atoms with van der Waals surface area (Å²) in [5.41, 5.74) is 1.49. The predicted molar refractivity (Wildman–Crippen MR) is 94.9 cm³/mol. The Morgan fingerprint density at radius 3 is 2.56 bits per heavy atom. The third-order valence-electron chi connectivity index (χ3n) is 4.40. The topological polar surface area (TPSA) is 67.9 Å². The van der Waals surface area contributed by atoms with Crippen molar-refractivity contribution >= 4 is 23.2 Å². The minimum atomic E-state index is -0.482. The van der Waals surface area contributed by atoms with Crippen molar-refractivity contribution in [2.75, 3.05) is 26.2 Å². The van der Waals surface area contributed by atoms with Crippen LogP contribution in [0.4, 0.5) is 5.69 Å². The second-order valence-electron chi connectivity index (χ2n) is 6.16. The Morgan fingerprint density at radius 2 is 1.88 bits per heavy atom. The maximum atomic E-state index is 12.6. The van der Waals surface area contributed by atoms with Crippen molar-refractivity contribution in [3.05, 3.63) is 74.8 Å². The molecule has 7 heteroatoms. The number of hydrogen-bond acceptors (Lipinski definition) is 3. The van der Waals surface area contributed by atoms with E-state index in [2.05, 4.69) is 6.07 Å². The number of hydrogen-bond donors (Lipinski definition) is 1. The Bertz CT molecular complexity index is 789. The lowest BCUT2D eigenvalue weighted by Gasteiger charge is -2.32. The normalized spacial score (nSPS) is 15.2. The van der Waals surface area contributed by atoms with Crippen LogP contribution < -0.4 is 4.90 Å². The van der Waals surface area contributed by atoms with Gasteiger partial charge in [-0.2, -0.15) is 0 Å². The molecule has 1 N–H and O–H groups in total. The summed E-state index contributed by atoms with van der Waals surface area (Å²) in [5.74, 6) is -0.148. The van der Waals surface area contributed by atoms with E-state index in [4.69, 9.17) is 11.6 Å². The van der Waals surface area contributed by atoms with Crippen LogP contribution in [0.2, 0.25) is 5.02 Å². The van der Waals surface area contributed by atoms with E-state index in [0.717, 1.165) is 24.7 Å². The molecule has 1 aliphatic rings. The number of quaternary nitrogens is 1. The van der Waals surface area contributed by atoms with Gasteiger partial charge in [-0.1, -0.05) is 29.8 Å². The smallest absolute Gasteiger partial charge is 0.270 e. The van der Waals surface area contributed by atoms with Gasteiger partial charge in [0.05, 0.1) is 31.1 Å². The van der Waals surface area contributed by atoms with E-state index in [1.807, 2.05) is 18.2 Å². The molecule has 0 atom stereocenters. The first-order valence-corrected chi connectivity index (χ1v) is 8.52. The molecule has 130 valence electrons. The molecule has 0 aromatic heterocycles. The van der Waals surface area contributed by atoms with Crippen molar-refractivity contribution in [1.82, 2.24) is 4.90 Å². The molecule has 1 saturated heterocycles. The maximum absolute atomic E-state index is 12.6. The minimum Gasteiger partial charge on any atom is -0.328 e. The molecule has 25 heavy (non-hydrogen) atoms. The number of nitro benzene ring substituents is 1. The van der Waals surface area contributed by atoms with E-state index in [0.29, 0.717) is 18.7 Å². The molecule has 0 radical (unpaired) electrons. The molecule has 6 nitrogen and oxygen atoms in total. The summed E-state index contributed by atoms with van der Waals surface area (Å²) in [6.45, 7) is 3.83. The van der Waals surface area contributed by atoms with Crippen LogP contribution >= 0.6 is 11.6 Å². The molecule has 2 aromatic rings. The van der Waals surface area contributed by atoms with Crippen molar-refractivity contribution in [1.29, 1.82) is 0 Å². The average Bonchev–Trinajstić information content (AvgIpc) is 2.62. The lowest BCUT2D eigenvalue weighted by Crippen LogP contribution is -3.13. The Labute approximate surface area is 150 Å². The standard InChI is InChI=1S/C18H18ClN3O3/c19-16-5-1-3-14(11-16)13-20-7-9-21(10-8-20)18(23)15-4-2-6-17(12-15)22(24)25/h1-6,11-12H,7-10,13H2/p+1. The van der Waals surface area contributed by atoms with Crippen LogP contribution in [0.1, 0.15) is 15.9 Å². The second kappa shape index (κ2) is 7.63. The van der Waals surface area contributed by atoms with E-state index in [9.17, 15) is 14.9 Å². The Hall–Kier alpha value is -2.44. The predicted octanol–water partition coefficient (Wildman–Crippen LogP) is 1.79. The van der Waals surface area contributed by atoms with Gasteiger partial charge in [-0.05, 0) is 18.2 Å². The van der Waals surface area contributed by atoms with Crippen molar-refractivity contribution < 1.29 is 14.6 Å². The molecule has 0 aliphatic carbocycles. The van der Waals surface area contributed by atoms with Crippen molar-refractivity contribution in [3.8, 4) is 0 Å². The zero-order valence-electron chi connectivity index (χ0n) is 13.7. The summed E-state index contributed by atoms with van der Waals surface area (Å²) in [5, 5.41) is 11.6. The lowest BCUT2D eigenvalue weighted by molar-refractivity contribution is -0.917. The van der Waals surface area contributed by atoms with Gasteiger partial charge >= 0.3 is 0 Å². The molecule has 3 rings (SSSR count). The fourth-order valence-electron chi connectivity index (χ4n) is 3.07. The molecule has 0 unspecified atom stereocenters. The summed E-state index contributed by atoms with van der Waals surface area (Å²) in [7, 11) is 0. The second-order valence-corrected chi connectivity index (χ2v) is 6.59. The van der Waals surface area contributed by atoms with Crippen molar-refractivity contribution in [2.24, 2.45) is 0 Å². The lowest BCUT2D eigenvalue weighted by atomic mass is 10.1. The molecule has 1 aliphatic heterocycles. The van der Waals surface area contributed by atoms with Gasteiger partial charge in [-0.25, -0.2) is 0 Å². The molecular weight excluding hydrogens is 342 g/mol. The SMILES string of the molecule is O=C(c1cccc([N+](=O)[O-])c1)N1CC[NH+](Cc2cccc(Cl)c2)CC1. The summed E-state index contributed by atoms with van der Waals surface area (Å²) in [6.07, 6.45) is 0. The van der Waals surface area contributed by atoms with Gasteiger partial charge in [-0.15, -0.1) is 0 Å². The van der Waals surface area contributed by atoms with E-state index < -0.39 is 4.92 Å². The van der Waals surface area contributed by atoms with Crippen molar-refractivity contribution in [2.45, 2.75) is 6.54 Å². The van der Waals surface area contributed by atoms with Gasteiger partial charge in [0, 0.05) is 28.3 Å². The highest BCUT2D eigenvalue weighted by atomic mass is 35.5. The number of piperazine rings is 1. The third kappa shape index (κ3) is 4.35. The van der Waals surface area contributed by atoms with Crippen LogP contribution in [0.3, 0.4) is 0 Å². The summed E-state index contributed by atoms with van der Waals surface area (Å²) < 4.78 is 0. The monoisotopic (exact) mass is 360 g/mol. The van der Waals surface area contributed by atoms with Gasteiger partial charge < -0.3 is 9.80 Å². The van der Waals surface area contributed by atoms with E-state index in [1.54, 1.807) is 17.0 Å². The highest BCUT2D eigenvalue weighted by Crippen LogP contribution is 2.15. The van der Waals surface area contributed by atoms with Crippen LogP contribution in [-0.2, 0) is 6.54 Å². The quantitative estimate of drug-likeness (QED) is 0.667. The van der Waals surface area contributed by atoms with Crippen LogP contribution in [0.5, 0.6) is 0 Å². The van der Waals surface area contributed by atoms with E-state index in [1.165, 1.54) is 22.6 Å². The molecule has 0 spiro atoms. The van der Waals surface area contributed by atoms with Crippen LogP contribution in [0, 0.1) is 10.1 Å². The van der Waals surface area contributed by atoms with Crippen molar-refractivity contribution in [3.63, 3.8) is 0 Å².